The van der Waals surface area contributed by atoms with E-state index in [2.05, 4.69) is 154 Å². The van der Waals surface area contributed by atoms with Gasteiger partial charge in [0.25, 0.3) is 0 Å². The summed E-state index contributed by atoms with van der Waals surface area (Å²) in [6.45, 7) is 9.06. The van der Waals surface area contributed by atoms with Crippen molar-refractivity contribution in [2.75, 3.05) is 6.61 Å². The molecule has 5 atom stereocenters. The number of rotatable bonds is 28. The molecule has 13 heteroatoms. The van der Waals surface area contributed by atoms with E-state index in [1.54, 1.807) is 6.07 Å². The minimum atomic E-state index is -1.62. The number of hydrogen-bond donors (Lipinski definition) is 6. The number of fused-ring (bicyclic) bond motifs is 8. The molecule has 1 saturated heterocycles. The molecule has 0 radical (unpaired) electrons. The van der Waals surface area contributed by atoms with Crippen LogP contribution in [-0.2, 0) is 24.4 Å². The van der Waals surface area contributed by atoms with E-state index >= 15 is 0 Å². The molecule has 0 saturated carbocycles. The highest BCUT2D eigenvalue weighted by Gasteiger charge is 2.45. The van der Waals surface area contributed by atoms with E-state index < -0.39 is 37.3 Å². The van der Waals surface area contributed by atoms with E-state index in [9.17, 15) is 20.4 Å². The lowest BCUT2D eigenvalue weighted by Gasteiger charge is -2.39. The molecule has 0 unspecified atom stereocenters. The zero-order chi connectivity index (χ0) is 58.2. The Morgan fingerprint density at radius 2 is 0.798 bits per heavy atom. The summed E-state index contributed by atoms with van der Waals surface area (Å²) >= 11 is 0. The van der Waals surface area contributed by atoms with Crippen LogP contribution in [0.4, 0.5) is 0 Å². The number of nitrogens with one attached hydrogen (secondary N) is 2. The Hall–Kier alpha value is -7.13. The first-order valence-corrected chi connectivity index (χ1v) is 31.5. The van der Waals surface area contributed by atoms with Crippen LogP contribution in [0.3, 0.4) is 0 Å². The highest BCUT2D eigenvalue weighted by Crippen LogP contribution is 2.41. The van der Waals surface area contributed by atoms with Gasteiger partial charge < -0.3 is 39.9 Å². The molecule has 13 nitrogen and oxygen atoms in total. The minimum absolute atomic E-state index is 0.324. The van der Waals surface area contributed by atoms with Crippen molar-refractivity contribution in [3.8, 4) is 50.3 Å². The standard InChI is InChI=1S/C71H87N7O6/c1-4-7-10-13-16-21-40-76-43-34-50(35-44-76)64-54-26-28-56(72-54)65(51-36-45-77(46-37-51)41-22-17-14-11-8-5-2)58-30-32-60(74-58)67(53-24-19-20-25-62(53)83-71-70(82)69(81)68(80)63(49-79)84-71)61-33-31-59(75-61)66(57-29-27-55(64)73-57)52-38-47-78(48-39-52)42-23-18-15-12-9-6-3/h19-20,24-39,43-48,63,68-71,79-82H,4-18,21-23,40-42,49H2,1-3H3,(H,72,73,74,75)/q+2/p+1/t63-,68-,69+,70-,71-/m1/s1. The van der Waals surface area contributed by atoms with Gasteiger partial charge in [-0.3, -0.25) is 0 Å². The molecule has 8 bridgehead atoms. The molecule has 6 aromatic heterocycles. The largest absolute Gasteiger partial charge is 0.461 e. The molecule has 1 aromatic carbocycles. The molecule has 0 aliphatic carbocycles. The van der Waals surface area contributed by atoms with Gasteiger partial charge in [-0.15, -0.1) is 0 Å². The Labute approximate surface area is 496 Å². The fraction of sp³-hybridized carbons (Fsp3) is 0.423. The lowest BCUT2D eigenvalue weighted by atomic mass is 9.99. The minimum Gasteiger partial charge on any atom is -0.461 e. The van der Waals surface area contributed by atoms with Gasteiger partial charge in [-0.25, -0.2) is 23.7 Å². The molecule has 84 heavy (non-hydrogen) atoms. The number of para-hydroxylation sites is 1. The number of aliphatic hydroxyl groups is 4. The average molecular weight is 1140 g/mol. The summed E-state index contributed by atoms with van der Waals surface area (Å²) in [6, 6.07) is 29.4. The molecular weight excluding hydrogens is 1050 g/mol. The molecule has 6 N–H and O–H groups in total. The van der Waals surface area contributed by atoms with Crippen molar-refractivity contribution in [3.05, 3.63) is 145 Å². The van der Waals surface area contributed by atoms with Crippen LogP contribution in [0.2, 0.25) is 0 Å². The van der Waals surface area contributed by atoms with Gasteiger partial charge in [0.2, 0.25) is 6.29 Å². The number of hydrogen-bond acceptors (Lipinski definition) is 8. The van der Waals surface area contributed by atoms with Gasteiger partial charge in [-0.1, -0.05) is 116 Å². The van der Waals surface area contributed by atoms with Gasteiger partial charge in [0.1, 0.15) is 49.8 Å². The molecule has 0 amide bonds. The Morgan fingerprint density at radius 1 is 0.429 bits per heavy atom. The van der Waals surface area contributed by atoms with E-state index in [-0.39, 0.29) is 0 Å². The fourth-order valence-corrected chi connectivity index (χ4v) is 12.0. The van der Waals surface area contributed by atoms with Crippen molar-refractivity contribution in [1.82, 2.24) is 19.9 Å². The topological polar surface area (TPSA) is 168 Å². The average Bonchev–Trinajstić information content (AvgIpc) is 4.17. The summed E-state index contributed by atoms with van der Waals surface area (Å²) < 4.78 is 19.3. The molecular formula is C71H88N7O6+3. The first kappa shape index (κ1) is 60.0. The lowest BCUT2D eigenvalue weighted by Crippen LogP contribution is -2.60. The summed E-state index contributed by atoms with van der Waals surface area (Å²) in [5, 5.41) is 42.9. The first-order chi connectivity index (χ1) is 41.2. The van der Waals surface area contributed by atoms with Crippen molar-refractivity contribution in [1.29, 1.82) is 0 Å². The summed E-state index contributed by atoms with van der Waals surface area (Å²) in [6.07, 6.45) is 36.3. The number of unbranched alkanes of at least 4 members (excludes halogenated alkanes) is 15. The molecule has 7 aromatic rings. The van der Waals surface area contributed by atoms with Crippen molar-refractivity contribution >= 4 is 46.4 Å². The van der Waals surface area contributed by atoms with Crippen LogP contribution in [0.1, 0.15) is 159 Å². The van der Waals surface area contributed by atoms with Crippen molar-refractivity contribution in [2.24, 2.45) is 0 Å². The maximum absolute atomic E-state index is 11.3. The van der Waals surface area contributed by atoms with Gasteiger partial charge >= 0.3 is 0 Å². The van der Waals surface area contributed by atoms with Crippen LogP contribution < -0.4 is 18.4 Å². The third kappa shape index (κ3) is 14.5. The lowest BCUT2D eigenvalue weighted by molar-refractivity contribution is -0.697. The number of nitrogens with zero attached hydrogens (tertiary/aromatic N) is 5. The number of aliphatic hydroxyl groups excluding tert-OH is 4. The fourth-order valence-electron chi connectivity index (χ4n) is 12.0. The van der Waals surface area contributed by atoms with Gasteiger partial charge in [0, 0.05) is 106 Å². The Kier molecular flexibility index (Phi) is 21.1. The van der Waals surface area contributed by atoms with Crippen molar-refractivity contribution in [3.63, 3.8) is 0 Å². The highest BCUT2D eigenvalue weighted by atomic mass is 16.7. The second-order valence-corrected chi connectivity index (χ2v) is 23.1. The molecule has 3 aliphatic rings. The third-order valence-corrected chi connectivity index (χ3v) is 16.9. The van der Waals surface area contributed by atoms with Crippen molar-refractivity contribution in [2.45, 2.75) is 187 Å². The monoisotopic (exact) mass is 1130 g/mol. The number of H-pyrrole nitrogens is 2. The van der Waals surface area contributed by atoms with Crippen molar-refractivity contribution < 1.29 is 43.6 Å². The molecule has 440 valence electrons. The maximum Gasteiger partial charge on any atom is 0.229 e. The zero-order valence-corrected chi connectivity index (χ0v) is 49.6. The number of ether oxygens (including phenoxy) is 2. The normalized spacial score (nSPS) is 17.5. The number of aryl methyl sites for hydroxylation is 3. The van der Waals surface area contributed by atoms with Crippen LogP contribution in [0.15, 0.2) is 122 Å². The second kappa shape index (κ2) is 29.6. The Morgan fingerprint density at radius 3 is 1.21 bits per heavy atom. The predicted octanol–water partition coefficient (Wildman–Crippen LogP) is 13.4. The molecule has 9 heterocycles. The number of aromatic nitrogens is 7. The van der Waals surface area contributed by atoms with Gasteiger partial charge in [-0.05, 0) is 90.6 Å². The number of aromatic amines is 2. The molecule has 10 rings (SSSR count). The van der Waals surface area contributed by atoms with Crippen LogP contribution in [0, 0.1) is 0 Å². The zero-order valence-electron chi connectivity index (χ0n) is 49.6. The van der Waals surface area contributed by atoms with E-state index in [1.165, 1.54) is 96.3 Å². The second-order valence-electron chi connectivity index (χ2n) is 23.1. The summed E-state index contributed by atoms with van der Waals surface area (Å²) in [5.41, 5.74) is 13.7. The molecule has 3 aliphatic heterocycles. The summed E-state index contributed by atoms with van der Waals surface area (Å²) in [7, 11) is 0. The van der Waals surface area contributed by atoms with Crippen LogP contribution >= 0.6 is 0 Å². The first-order valence-electron chi connectivity index (χ1n) is 31.5. The van der Waals surface area contributed by atoms with Crippen LogP contribution in [0.5, 0.6) is 5.75 Å². The summed E-state index contributed by atoms with van der Waals surface area (Å²) in [4.78, 5) is 19.0. The van der Waals surface area contributed by atoms with E-state index in [4.69, 9.17) is 19.4 Å². The van der Waals surface area contributed by atoms with Crippen LogP contribution in [-0.4, -0.2) is 77.7 Å². The summed E-state index contributed by atoms with van der Waals surface area (Å²) in [5.74, 6) is 0.324. The van der Waals surface area contributed by atoms with E-state index in [0.29, 0.717) is 28.3 Å². The van der Waals surface area contributed by atoms with E-state index in [1.807, 2.05) is 30.4 Å². The van der Waals surface area contributed by atoms with Gasteiger partial charge in [0.15, 0.2) is 37.2 Å². The van der Waals surface area contributed by atoms with Gasteiger partial charge in [-0.2, -0.15) is 0 Å². The Bertz CT molecular complexity index is 3340. The maximum atomic E-state index is 11.3. The smallest absolute Gasteiger partial charge is 0.229 e. The molecule has 1 fully saturated rings. The van der Waals surface area contributed by atoms with Crippen LogP contribution in [0.25, 0.3) is 90.9 Å². The van der Waals surface area contributed by atoms with Gasteiger partial charge in [0.05, 0.1) is 29.4 Å². The predicted molar refractivity (Wildman–Crippen MR) is 336 cm³/mol. The number of pyridine rings is 3. The number of benzene rings is 1. The highest BCUT2D eigenvalue weighted by molar-refractivity contribution is 6.00. The quantitative estimate of drug-likeness (QED) is 0.0208. The Balaban J connectivity index is 1.17. The van der Waals surface area contributed by atoms with E-state index in [0.717, 1.165) is 106 Å². The molecule has 0 spiro atoms. The third-order valence-electron chi connectivity index (χ3n) is 16.9. The SMILES string of the molecule is CCCCCCCC[n+]1ccc(-c2c3nc(c(-c4ccccc4O[C@@H]4O[C@H](CO)[C@@H](O)[C@H](O)[C@H]4O)c4nc(c(-c5cc[n+](CCCCCCCC)cc5)c5ccc([nH]5)c(-c5cc[n+](CCCCCCCC)cc5)c5ccc2[nH]5)C=C4)C=C3)cc1.